The van der Waals surface area contributed by atoms with Crippen molar-refractivity contribution in [2.45, 2.75) is 71.1 Å². The Morgan fingerprint density at radius 1 is 0.895 bits per heavy atom. The number of halogens is 2. The summed E-state index contributed by atoms with van der Waals surface area (Å²) in [6.07, 6.45) is 13.2. The molecule has 108 valence electrons. The first kappa shape index (κ1) is 16.7. The van der Waals surface area contributed by atoms with E-state index in [4.69, 9.17) is 0 Å². The van der Waals surface area contributed by atoms with Crippen LogP contribution < -0.4 is 0 Å². The molecule has 0 radical (unpaired) electrons. The van der Waals surface area contributed by atoms with E-state index in [-0.39, 0.29) is 5.82 Å². The minimum Gasteiger partial charge on any atom is -0.206 e. The summed E-state index contributed by atoms with van der Waals surface area (Å²) in [5.41, 5.74) is 1.23. The monoisotopic (exact) mass is 328 g/mol. The molecule has 0 amide bonds. The molecular formula is C17H26BrF. The predicted molar refractivity (Wildman–Crippen MR) is 85.0 cm³/mol. The molecule has 0 nitrogen and oxygen atoms in total. The van der Waals surface area contributed by atoms with Crippen LogP contribution in [0.3, 0.4) is 0 Å². The van der Waals surface area contributed by atoms with Gasteiger partial charge in [0.15, 0.2) is 0 Å². The Morgan fingerprint density at radius 3 is 2.05 bits per heavy atom. The molecule has 0 saturated heterocycles. The lowest BCUT2D eigenvalue weighted by Gasteiger charge is -2.04. The van der Waals surface area contributed by atoms with Gasteiger partial charge in [-0.1, -0.05) is 64.4 Å². The fourth-order valence-electron chi connectivity index (χ4n) is 2.33. The Hall–Kier alpha value is -0.370. The van der Waals surface area contributed by atoms with Crippen molar-refractivity contribution in [2.24, 2.45) is 0 Å². The average molecular weight is 329 g/mol. The van der Waals surface area contributed by atoms with Crippen molar-refractivity contribution in [3.63, 3.8) is 0 Å². The molecule has 0 bridgehead atoms. The van der Waals surface area contributed by atoms with Crippen molar-refractivity contribution in [1.82, 2.24) is 0 Å². The lowest BCUT2D eigenvalue weighted by Crippen LogP contribution is -1.88. The summed E-state index contributed by atoms with van der Waals surface area (Å²) < 4.78 is 13.7. The first-order chi connectivity index (χ1) is 9.24. The summed E-state index contributed by atoms with van der Waals surface area (Å²) in [6, 6.07) is 5.35. The fraction of sp³-hybridized carbons (Fsp3) is 0.647. The molecule has 2 heteroatoms. The molecular weight excluding hydrogens is 303 g/mol. The smallest absolute Gasteiger partial charge is 0.137 e. The highest BCUT2D eigenvalue weighted by molar-refractivity contribution is 9.10. The Balaban J connectivity index is 2.00. The molecule has 0 unspecified atom stereocenters. The molecule has 0 spiro atoms. The van der Waals surface area contributed by atoms with Gasteiger partial charge in [0.25, 0.3) is 0 Å². The Kier molecular flexibility index (Phi) is 9.15. The van der Waals surface area contributed by atoms with Gasteiger partial charge in [-0.2, -0.15) is 0 Å². The van der Waals surface area contributed by atoms with Gasteiger partial charge in [-0.15, -0.1) is 0 Å². The molecule has 0 aliphatic carbocycles. The van der Waals surface area contributed by atoms with Crippen molar-refractivity contribution in [3.05, 3.63) is 34.1 Å². The Labute approximate surface area is 125 Å². The molecule has 0 saturated carbocycles. The van der Waals surface area contributed by atoms with Crippen molar-refractivity contribution in [3.8, 4) is 0 Å². The highest BCUT2D eigenvalue weighted by Crippen LogP contribution is 2.18. The van der Waals surface area contributed by atoms with Crippen LogP contribution in [0.25, 0.3) is 0 Å². The summed E-state index contributed by atoms with van der Waals surface area (Å²) in [7, 11) is 0. The maximum Gasteiger partial charge on any atom is 0.137 e. The van der Waals surface area contributed by atoms with Crippen LogP contribution in [-0.4, -0.2) is 0 Å². The fourth-order valence-corrected chi connectivity index (χ4v) is 2.76. The third kappa shape index (κ3) is 7.71. The molecule has 0 heterocycles. The van der Waals surface area contributed by atoms with Crippen LogP contribution in [0.15, 0.2) is 22.7 Å². The highest BCUT2D eigenvalue weighted by Gasteiger charge is 2.00. The first-order valence-electron chi connectivity index (χ1n) is 7.68. The molecule has 0 aliphatic heterocycles. The van der Waals surface area contributed by atoms with Gasteiger partial charge in [0.1, 0.15) is 5.82 Å². The molecule has 0 aromatic heterocycles. The quantitative estimate of drug-likeness (QED) is 0.421. The largest absolute Gasteiger partial charge is 0.206 e. The van der Waals surface area contributed by atoms with Gasteiger partial charge in [-0.3, -0.25) is 0 Å². The second-order valence-corrected chi connectivity index (χ2v) is 6.18. The standard InChI is InChI=1S/C17H26BrF/c1-2-3-4-5-6-7-8-9-10-11-15-12-13-17(19)16(18)14-15/h12-14H,2-11H2,1H3. The van der Waals surface area contributed by atoms with Gasteiger partial charge in [-0.05, 0) is 46.5 Å². The van der Waals surface area contributed by atoms with Crippen LogP contribution in [-0.2, 0) is 6.42 Å². The van der Waals surface area contributed by atoms with E-state index in [1.165, 1.54) is 63.4 Å². The van der Waals surface area contributed by atoms with Crippen molar-refractivity contribution in [2.75, 3.05) is 0 Å². The summed E-state index contributed by atoms with van der Waals surface area (Å²) in [6.45, 7) is 2.26. The Morgan fingerprint density at radius 2 is 1.47 bits per heavy atom. The van der Waals surface area contributed by atoms with E-state index >= 15 is 0 Å². The number of benzene rings is 1. The van der Waals surface area contributed by atoms with Crippen LogP contribution >= 0.6 is 15.9 Å². The van der Waals surface area contributed by atoms with Crippen LogP contribution in [0.1, 0.15) is 70.3 Å². The normalized spacial score (nSPS) is 10.9. The van der Waals surface area contributed by atoms with E-state index in [2.05, 4.69) is 22.9 Å². The molecule has 0 aliphatic rings. The van der Waals surface area contributed by atoms with Crippen LogP contribution in [0.2, 0.25) is 0 Å². The minimum atomic E-state index is -0.171. The topological polar surface area (TPSA) is 0 Å². The van der Waals surface area contributed by atoms with Crippen LogP contribution in [0.4, 0.5) is 4.39 Å². The van der Waals surface area contributed by atoms with Gasteiger partial charge in [-0.25, -0.2) is 4.39 Å². The summed E-state index contributed by atoms with van der Waals surface area (Å²) >= 11 is 3.23. The van der Waals surface area contributed by atoms with E-state index in [0.29, 0.717) is 4.47 Å². The van der Waals surface area contributed by atoms with E-state index in [1.807, 2.05) is 12.1 Å². The third-order valence-corrected chi connectivity index (χ3v) is 4.16. The summed E-state index contributed by atoms with van der Waals surface area (Å²) in [5.74, 6) is -0.171. The zero-order valence-electron chi connectivity index (χ0n) is 12.1. The zero-order valence-corrected chi connectivity index (χ0v) is 13.6. The van der Waals surface area contributed by atoms with Crippen molar-refractivity contribution < 1.29 is 4.39 Å². The van der Waals surface area contributed by atoms with Gasteiger partial charge in [0.05, 0.1) is 4.47 Å². The average Bonchev–Trinajstić information content (AvgIpc) is 2.41. The highest BCUT2D eigenvalue weighted by atomic mass is 79.9. The minimum absolute atomic E-state index is 0.171. The van der Waals surface area contributed by atoms with E-state index in [0.717, 1.165) is 6.42 Å². The van der Waals surface area contributed by atoms with Crippen molar-refractivity contribution >= 4 is 15.9 Å². The van der Waals surface area contributed by atoms with E-state index in [9.17, 15) is 4.39 Å². The van der Waals surface area contributed by atoms with Gasteiger partial charge in [0, 0.05) is 0 Å². The van der Waals surface area contributed by atoms with Crippen LogP contribution in [0, 0.1) is 5.82 Å². The number of aryl methyl sites for hydroxylation is 1. The SMILES string of the molecule is CCCCCCCCCCCc1ccc(F)c(Br)c1. The Bertz CT molecular complexity index is 349. The van der Waals surface area contributed by atoms with Gasteiger partial charge in [0.2, 0.25) is 0 Å². The second kappa shape index (κ2) is 10.4. The molecule has 1 aromatic rings. The van der Waals surface area contributed by atoms with Gasteiger partial charge >= 0.3 is 0 Å². The molecule has 0 fully saturated rings. The predicted octanol–water partition coefficient (Wildman–Crippen LogP) is 6.66. The zero-order chi connectivity index (χ0) is 13.9. The number of rotatable bonds is 10. The lowest BCUT2D eigenvalue weighted by atomic mass is 10.0. The molecule has 19 heavy (non-hydrogen) atoms. The number of hydrogen-bond donors (Lipinski definition) is 0. The lowest BCUT2D eigenvalue weighted by molar-refractivity contribution is 0.564. The molecule has 1 aromatic carbocycles. The molecule has 1 rings (SSSR count). The number of unbranched alkanes of at least 4 members (excludes halogenated alkanes) is 8. The van der Waals surface area contributed by atoms with Gasteiger partial charge < -0.3 is 0 Å². The van der Waals surface area contributed by atoms with Crippen LogP contribution in [0.5, 0.6) is 0 Å². The van der Waals surface area contributed by atoms with E-state index < -0.39 is 0 Å². The first-order valence-corrected chi connectivity index (χ1v) is 8.47. The summed E-state index contributed by atoms with van der Waals surface area (Å²) in [5, 5.41) is 0. The van der Waals surface area contributed by atoms with Crippen molar-refractivity contribution in [1.29, 1.82) is 0 Å². The maximum atomic E-state index is 13.1. The maximum absolute atomic E-state index is 13.1. The molecule has 0 atom stereocenters. The summed E-state index contributed by atoms with van der Waals surface area (Å²) in [4.78, 5) is 0. The molecule has 0 N–H and O–H groups in total. The number of hydrogen-bond acceptors (Lipinski definition) is 0. The van der Waals surface area contributed by atoms with E-state index in [1.54, 1.807) is 6.07 Å². The third-order valence-electron chi connectivity index (χ3n) is 3.55. The second-order valence-electron chi connectivity index (χ2n) is 5.33.